The van der Waals surface area contributed by atoms with Crippen molar-refractivity contribution >= 4 is 16.8 Å². The van der Waals surface area contributed by atoms with Crippen molar-refractivity contribution in [2.75, 3.05) is 6.61 Å². The van der Waals surface area contributed by atoms with Gasteiger partial charge < -0.3 is 4.74 Å². The third kappa shape index (κ3) is 3.78. The summed E-state index contributed by atoms with van der Waals surface area (Å²) in [6, 6.07) is 17.0. The summed E-state index contributed by atoms with van der Waals surface area (Å²) in [5.74, 6) is 6.28. The number of nitrogens with zero attached hydrogens (tertiary/aromatic N) is 1. The number of nitrogens with one attached hydrogen (secondary N) is 1. The number of pyridine rings is 1. The maximum Gasteiger partial charge on any atom is 0.265 e. The number of hydrogen-bond donors (Lipinski definition) is 2. The Labute approximate surface area is 146 Å². The monoisotopic (exact) mass is 335 g/mol. The lowest BCUT2D eigenvalue weighted by Crippen LogP contribution is -2.30. The first-order chi connectivity index (χ1) is 12.1. The number of carbonyl (C=O) groups is 1. The maximum absolute atomic E-state index is 12.1. The van der Waals surface area contributed by atoms with Crippen molar-refractivity contribution in [1.29, 1.82) is 0 Å². The van der Waals surface area contributed by atoms with E-state index in [2.05, 4.69) is 24.3 Å². The van der Waals surface area contributed by atoms with Gasteiger partial charge in [0.1, 0.15) is 5.75 Å². The Morgan fingerprint density at radius 3 is 2.56 bits per heavy atom. The fraction of sp³-hybridized carbons (Fsp3) is 0.200. The summed E-state index contributed by atoms with van der Waals surface area (Å²) >= 11 is 0. The van der Waals surface area contributed by atoms with Crippen LogP contribution in [0.1, 0.15) is 24.2 Å². The average Bonchev–Trinajstić information content (AvgIpc) is 2.65. The molecule has 0 spiro atoms. The average molecular weight is 335 g/mol. The number of amides is 1. The van der Waals surface area contributed by atoms with Gasteiger partial charge in [0.05, 0.1) is 23.4 Å². The van der Waals surface area contributed by atoms with Crippen LogP contribution in [0.5, 0.6) is 5.75 Å². The lowest BCUT2D eigenvalue weighted by molar-refractivity contribution is 0.0955. The van der Waals surface area contributed by atoms with Gasteiger partial charge in [0.15, 0.2) is 0 Å². The number of nitrogen functional groups attached to an aromatic ring is 1. The SMILES string of the molecule is CC(C)COc1ccc(-c2cc(C(=O)NN)c3ccccc3n2)cc1. The summed E-state index contributed by atoms with van der Waals surface area (Å²) in [5, 5.41) is 0.770. The third-order valence-electron chi connectivity index (χ3n) is 3.83. The largest absolute Gasteiger partial charge is 0.493 e. The molecule has 25 heavy (non-hydrogen) atoms. The highest BCUT2D eigenvalue weighted by molar-refractivity contribution is 6.06. The zero-order valence-electron chi connectivity index (χ0n) is 14.3. The number of fused-ring (bicyclic) bond motifs is 1. The van der Waals surface area contributed by atoms with Crippen LogP contribution in [-0.4, -0.2) is 17.5 Å². The Morgan fingerprint density at radius 2 is 1.88 bits per heavy atom. The number of ether oxygens (including phenoxy) is 1. The molecule has 0 aliphatic carbocycles. The Bertz CT molecular complexity index is 889. The minimum atomic E-state index is -0.336. The number of rotatable bonds is 5. The molecule has 2 aromatic carbocycles. The van der Waals surface area contributed by atoms with E-state index in [0.717, 1.165) is 22.2 Å². The van der Waals surface area contributed by atoms with Crippen molar-refractivity contribution in [2.24, 2.45) is 11.8 Å². The highest BCUT2D eigenvalue weighted by atomic mass is 16.5. The molecule has 3 rings (SSSR count). The van der Waals surface area contributed by atoms with Crippen LogP contribution in [0.3, 0.4) is 0 Å². The predicted octanol–water partition coefficient (Wildman–Crippen LogP) is 3.54. The molecule has 5 nitrogen and oxygen atoms in total. The smallest absolute Gasteiger partial charge is 0.265 e. The van der Waals surface area contributed by atoms with Gasteiger partial charge in [-0.1, -0.05) is 32.0 Å². The lowest BCUT2D eigenvalue weighted by Gasteiger charge is -2.11. The van der Waals surface area contributed by atoms with Crippen LogP contribution in [-0.2, 0) is 0 Å². The van der Waals surface area contributed by atoms with Crippen LogP contribution in [0.4, 0.5) is 0 Å². The minimum absolute atomic E-state index is 0.336. The normalized spacial score (nSPS) is 10.9. The summed E-state index contributed by atoms with van der Waals surface area (Å²) < 4.78 is 5.71. The summed E-state index contributed by atoms with van der Waals surface area (Å²) in [6.07, 6.45) is 0. The zero-order chi connectivity index (χ0) is 17.8. The van der Waals surface area contributed by atoms with Gasteiger partial charge in [-0.15, -0.1) is 0 Å². The number of hydrogen-bond acceptors (Lipinski definition) is 4. The molecule has 3 N–H and O–H groups in total. The van der Waals surface area contributed by atoms with Crippen LogP contribution in [0.25, 0.3) is 22.2 Å². The van der Waals surface area contributed by atoms with Gasteiger partial charge in [-0.25, -0.2) is 10.8 Å². The standard InChI is InChI=1S/C20H21N3O2/c1-13(2)12-25-15-9-7-14(8-10-15)19-11-17(20(24)23-21)16-5-3-4-6-18(16)22-19/h3-11,13H,12,21H2,1-2H3,(H,23,24). The number of para-hydroxylation sites is 1. The second-order valence-corrected chi connectivity index (χ2v) is 6.27. The van der Waals surface area contributed by atoms with Crippen molar-refractivity contribution in [1.82, 2.24) is 10.4 Å². The molecule has 1 heterocycles. The van der Waals surface area contributed by atoms with Crippen molar-refractivity contribution in [3.05, 3.63) is 60.2 Å². The van der Waals surface area contributed by atoms with E-state index in [4.69, 9.17) is 10.6 Å². The van der Waals surface area contributed by atoms with Crippen LogP contribution >= 0.6 is 0 Å². The van der Waals surface area contributed by atoms with Gasteiger partial charge in [-0.3, -0.25) is 10.2 Å². The first-order valence-corrected chi connectivity index (χ1v) is 8.22. The summed E-state index contributed by atoms with van der Waals surface area (Å²) in [7, 11) is 0. The van der Waals surface area contributed by atoms with Gasteiger partial charge >= 0.3 is 0 Å². The van der Waals surface area contributed by atoms with E-state index in [1.54, 1.807) is 6.07 Å². The van der Waals surface area contributed by atoms with Crippen molar-refractivity contribution in [2.45, 2.75) is 13.8 Å². The van der Waals surface area contributed by atoms with E-state index in [0.29, 0.717) is 23.8 Å². The first kappa shape index (κ1) is 16.9. The van der Waals surface area contributed by atoms with Gasteiger partial charge in [0.25, 0.3) is 5.91 Å². The summed E-state index contributed by atoms with van der Waals surface area (Å²) in [5.41, 5.74) is 5.08. The Hall–Kier alpha value is -2.92. The van der Waals surface area contributed by atoms with Crippen LogP contribution in [0.2, 0.25) is 0 Å². The Balaban J connectivity index is 1.99. The fourth-order valence-electron chi connectivity index (χ4n) is 2.57. The van der Waals surface area contributed by atoms with E-state index >= 15 is 0 Å². The molecule has 128 valence electrons. The fourth-order valence-corrected chi connectivity index (χ4v) is 2.57. The third-order valence-corrected chi connectivity index (χ3v) is 3.83. The summed E-state index contributed by atoms with van der Waals surface area (Å²) in [6.45, 7) is 4.89. The number of benzene rings is 2. The topological polar surface area (TPSA) is 77.2 Å². The molecule has 0 fully saturated rings. The second-order valence-electron chi connectivity index (χ2n) is 6.27. The highest BCUT2D eigenvalue weighted by Crippen LogP contribution is 2.26. The van der Waals surface area contributed by atoms with E-state index in [-0.39, 0.29) is 5.91 Å². The van der Waals surface area contributed by atoms with Crippen LogP contribution in [0, 0.1) is 5.92 Å². The molecule has 0 saturated heterocycles. The molecule has 0 aliphatic rings. The Morgan fingerprint density at radius 1 is 1.16 bits per heavy atom. The molecule has 0 bridgehead atoms. The molecule has 1 aromatic heterocycles. The Kier molecular flexibility index (Phi) is 4.95. The molecule has 0 saturated carbocycles. The van der Waals surface area contributed by atoms with Gasteiger partial charge in [-0.2, -0.15) is 0 Å². The highest BCUT2D eigenvalue weighted by Gasteiger charge is 2.13. The molecule has 0 unspecified atom stereocenters. The number of aromatic nitrogens is 1. The van der Waals surface area contributed by atoms with Crippen molar-refractivity contribution in [3.8, 4) is 17.0 Å². The molecular formula is C20H21N3O2. The van der Waals surface area contributed by atoms with Crippen molar-refractivity contribution in [3.63, 3.8) is 0 Å². The maximum atomic E-state index is 12.1. The van der Waals surface area contributed by atoms with E-state index < -0.39 is 0 Å². The number of nitrogens with two attached hydrogens (primary N) is 1. The number of carbonyl (C=O) groups excluding carboxylic acids is 1. The molecular weight excluding hydrogens is 314 g/mol. The molecule has 5 heteroatoms. The van der Waals surface area contributed by atoms with Gasteiger partial charge in [-0.05, 0) is 42.3 Å². The number of hydrazine groups is 1. The van der Waals surface area contributed by atoms with Gasteiger partial charge in [0, 0.05) is 10.9 Å². The molecule has 0 atom stereocenters. The predicted molar refractivity (Wildman–Crippen MR) is 99.2 cm³/mol. The second kappa shape index (κ2) is 7.32. The molecule has 0 aliphatic heterocycles. The van der Waals surface area contributed by atoms with Crippen LogP contribution in [0.15, 0.2) is 54.6 Å². The van der Waals surface area contributed by atoms with Gasteiger partial charge in [0.2, 0.25) is 0 Å². The molecule has 1 amide bonds. The minimum Gasteiger partial charge on any atom is -0.493 e. The van der Waals surface area contributed by atoms with Crippen LogP contribution < -0.4 is 16.0 Å². The molecule has 3 aromatic rings. The first-order valence-electron chi connectivity index (χ1n) is 8.22. The van der Waals surface area contributed by atoms with E-state index in [9.17, 15) is 4.79 Å². The summed E-state index contributed by atoms with van der Waals surface area (Å²) in [4.78, 5) is 16.8. The van der Waals surface area contributed by atoms with E-state index in [1.165, 1.54) is 0 Å². The van der Waals surface area contributed by atoms with Crippen molar-refractivity contribution < 1.29 is 9.53 Å². The zero-order valence-corrected chi connectivity index (χ0v) is 14.3. The molecule has 0 radical (unpaired) electrons. The lowest BCUT2D eigenvalue weighted by atomic mass is 10.0. The quantitative estimate of drug-likeness (QED) is 0.425. The van der Waals surface area contributed by atoms with E-state index in [1.807, 2.05) is 48.5 Å².